The summed E-state index contributed by atoms with van der Waals surface area (Å²) in [6.07, 6.45) is 4.59. The third-order valence-corrected chi connectivity index (χ3v) is 5.35. The predicted octanol–water partition coefficient (Wildman–Crippen LogP) is 3.41. The molecule has 0 amide bonds. The second kappa shape index (κ2) is 4.56. The van der Waals surface area contributed by atoms with Crippen LogP contribution in [0, 0.1) is 0 Å². The van der Waals surface area contributed by atoms with E-state index < -0.39 is 7.12 Å². The van der Waals surface area contributed by atoms with Crippen molar-refractivity contribution in [2.45, 2.75) is 57.7 Å². The lowest BCUT2D eigenvalue weighted by molar-refractivity contribution is 0.00578. The first kappa shape index (κ1) is 14.2. The first-order valence-electron chi connectivity index (χ1n) is 8.12. The van der Waals surface area contributed by atoms with Crippen LogP contribution in [0.1, 0.15) is 52.0 Å². The minimum atomic E-state index is -0.400. The van der Waals surface area contributed by atoms with Crippen LogP contribution in [0.25, 0.3) is 10.8 Å². The molecule has 1 aliphatic carbocycles. The molecule has 1 aliphatic heterocycles. The van der Waals surface area contributed by atoms with E-state index in [2.05, 4.69) is 52.0 Å². The number of pyridine rings is 1. The highest BCUT2D eigenvalue weighted by molar-refractivity contribution is 6.64. The summed E-state index contributed by atoms with van der Waals surface area (Å²) in [4.78, 5) is 4.73. The van der Waals surface area contributed by atoms with E-state index in [0.29, 0.717) is 5.92 Å². The molecule has 3 nitrogen and oxygen atoms in total. The quantitative estimate of drug-likeness (QED) is 0.796. The highest BCUT2D eigenvalue weighted by Gasteiger charge is 2.52. The van der Waals surface area contributed by atoms with Gasteiger partial charge in [0, 0.05) is 11.6 Å². The third kappa shape index (κ3) is 2.09. The summed E-state index contributed by atoms with van der Waals surface area (Å²) in [7, 11) is -0.400. The van der Waals surface area contributed by atoms with Crippen LogP contribution >= 0.6 is 0 Å². The highest BCUT2D eigenvalue weighted by Crippen LogP contribution is 2.43. The van der Waals surface area contributed by atoms with Gasteiger partial charge in [-0.05, 0) is 57.4 Å². The molecule has 0 N–H and O–H groups in total. The number of hydrogen-bond acceptors (Lipinski definition) is 3. The third-order valence-electron chi connectivity index (χ3n) is 5.35. The van der Waals surface area contributed by atoms with Crippen molar-refractivity contribution in [1.82, 2.24) is 4.98 Å². The molecule has 2 aliphatic rings. The van der Waals surface area contributed by atoms with Gasteiger partial charge in [0.05, 0.1) is 16.8 Å². The molecule has 4 heteroatoms. The van der Waals surface area contributed by atoms with E-state index >= 15 is 0 Å². The van der Waals surface area contributed by atoms with Gasteiger partial charge in [-0.25, -0.2) is 0 Å². The van der Waals surface area contributed by atoms with Crippen LogP contribution in [-0.2, 0) is 9.31 Å². The zero-order valence-corrected chi connectivity index (χ0v) is 13.7. The minimum absolute atomic E-state index is 0.338. The number of rotatable bonds is 2. The molecular weight excluding hydrogens is 273 g/mol. The van der Waals surface area contributed by atoms with Crippen LogP contribution in [0.5, 0.6) is 0 Å². The van der Waals surface area contributed by atoms with Crippen molar-refractivity contribution in [3.05, 3.63) is 36.0 Å². The Balaban J connectivity index is 1.82. The van der Waals surface area contributed by atoms with E-state index in [1.165, 1.54) is 23.8 Å². The largest absolute Gasteiger partial charge is 0.515 e. The number of hydrogen-bond donors (Lipinski definition) is 0. The summed E-state index contributed by atoms with van der Waals surface area (Å²) in [5.74, 6) is 0.685. The van der Waals surface area contributed by atoms with Gasteiger partial charge in [0.2, 0.25) is 0 Å². The van der Waals surface area contributed by atoms with Crippen LogP contribution in [0.4, 0.5) is 0 Å². The predicted molar refractivity (Wildman–Crippen MR) is 89.4 cm³/mol. The SMILES string of the molecule is CC1(C)OB(c2ncc(C3CC3)c3ccccc23)OC1(C)C. The Morgan fingerprint density at radius 3 is 2.18 bits per heavy atom. The fraction of sp³-hybridized carbons (Fsp3) is 0.500. The maximum Gasteiger partial charge on any atom is 0.515 e. The number of fused-ring (bicyclic) bond motifs is 1. The molecule has 0 radical (unpaired) electrons. The fourth-order valence-corrected chi connectivity index (χ4v) is 3.10. The Morgan fingerprint density at radius 2 is 1.59 bits per heavy atom. The number of benzene rings is 1. The molecule has 1 saturated carbocycles. The Hall–Kier alpha value is -1.39. The van der Waals surface area contributed by atoms with Crippen molar-refractivity contribution in [3.8, 4) is 0 Å². The van der Waals surface area contributed by atoms with Crippen LogP contribution in [0.15, 0.2) is 30.5 Å². The van der Waals surface area contributed by atoms with Crippen molar-refractivity contribution < 1.29 is 9.31 Å². The van der Waals surface area contributed by atoms with E-state index in [1.54, 1.807) is 0 Å². The smallest absolute Gasteiger partial charge is 0.398 e. The second-order valence-electron chi connectivity index (χ2n) is 7.51. The zero-order chi connectivity index (χ0) is 15.5. The van der Waals surface area contributed by atoms with Gasteiger partial charge in [-0.15, -0.1) is 0 Å². The van der Waals surface area contributed by atoms with Gasteiger partial charge >= 0.3 is 7.12 Å². The molecule has 2 aromatic rings. The van der Waals surface area contributed by atoms with Crippen LogP contribution < -0.4 is 5.59 Å². The molecule has 4 rings (SSSR count). The van der Waals surface area contributed by atoms with Gasteiger partial charge in [0.1, 0.15) is 0 Å². The average Bonchev–Trinajstić information content (AvgIpc) is 3.26. The lowest BCUT2D eigenvalue weighted by atomic mass is 9.80. The molecule has 2 heterocycles. The molecule has 22 heavy (non-hydrogen) atoms. The van der Waals surface area contributed by atoms with Crippen molar-refractivity contribution in [2.24, 2.45) is 0 Å². The standard InChI is InChI=1S/C18H22BNO2/c1-17(2)18(3,4)22-19(21-17)16-14-8-6-5-7-13(14)15(11-20-16)12-9-10-12/h5-8,11-12H,9-10H2,1-4H3. The maximum atomic E-state index is 6.19. The van der Waals surface area contributed by atoms with Crippen molar-refractivity contribution in [2.75, 3.05) is 0 Å². The first-order valence-corrected chi connectivity index (χ1v) is 8.12. The molecular formula is C18H22BNO2. The lowest BCUT2D eigenvalue weighted by Crippen LogP contribution is -2.41. The molecule has 0 bridgehead atoms. The summed E-state index contributed by atoms with van der Waals surface area (Å²) in [5.41, 5.74) is 1.60. The normalized spacial score (nSPS) is 23.2. The Bertz CT molecular complexity index is 721. The molecule has 2 fully saturated rings. The van der Waals surface area contributed by atoms with Gasteiger partial charge in [-0.1, -0.05) is 24.3 Å². The van der Waals surface area contributed by atoms with Gasteiger partial charge < -0.3 is 9.31 Å². The molecule has 114 valence electrons. The maximum absolute atomic E-state index is 6.19. The van der Waals surface area contributed by atoms with E-state index in [1.807, 2.05) is 6.20 Å². The molecule has 0 atom stereocenters. The summed E-state index contributed by atoms with van der Waals surface area (Å²) in [6.45, 7) is 8.31. The van der Waals surface area contributed by atoms with E-state index in [-0.39, 0.29) is 11.2 Å². The second-order valence-corrected chi connectivity index (χ2v) is 7.51. The van der Waals surface area contributed by atoms with Gasteiger partial charge in [0.15, 0.2) is 0 Å². The van der Waals surface area contributed by atoms with E-state index in [4.69, 9.17) is 14.3 Å². The monoisotopic (exact) mass is 295 g/mol. The van der Waals surface area contributed by atoms with Crippen molar-refractivity contribution in [1.29, 1.82) is 0 Å². The van der Waals surface area contributed by atoms with Gasteiger partial charge in [-0.2, -0.15) is 0 Å². The fourth-order valence-electron chi connectivity index (χ4n) is 3.10. The van der Waals surface area contributed by atoms with E-state index in [9.17, 15) is 0 Å². The Labute approximate surface area is 132 Å². The average molecular weight is 295 g/mol. The van der Waals surface area contributed by atoms with Crippen LogP contribution in [0.2, 0.25) is 0 Å². The molecule has 1 aromatic heterocycles. The van der Waals surface area contributed by atoms with Crippen molar-refractivity contribution >= 4 is 23.5 Å². The van der Waals surface area contributed by atoms with Crippen molar-refractivity contribution in [3.63, 3.8) is 0 Å². The van der Waals surface area contributed by atoms with E-state index in [0.717, 1.165) is 11.0 Å². The zero-order valence-electron chi connectivity index (χ0n) is 13.7. The molecule has 1 aromatic carbocycles. The minimum Gasteiger partial charge on any atom is -0.398 e. The van der Waals surface area contributed by atoms with Crippen LogP contribution in [-0.4, -0.2) is 23.3 Å². The van der Waals surface area contributed by atoms with Gasteiger partial charge in [-0.3, -0.25) is 4.98 Å². The first-order chi connectivity index (χ1) is 10.4. The summed E-state index contributed by atoms with van der Waals surface area (Å²) in [6, 6.07) is 8.49. The summed E-state index contributed by atoms with van der Waals surface area (Å²) in [5, 5.41) is 2.45. The highest BCUT2D eigenvalue weighted by atomic mass is 16.7. The topological polar surface area (TPSA) is 31.4 Å². The number of nitrogens with zero attached hydrogens (tertiary/aromatic N) is 1. The lowest BCUT2D eigenvalue weighted by Gasteiger charge is -2.32. The molecule has 0 unspecified atom stereocenters. The summed E-state index contributed by atoms with van der Waals surface area (Å²) < 4.78 is 12.4. The number of aromatic nitrogens is 1. The van der Waals surface area contributed by atoms with Gasteiger partial charge in [0.25, 0.3) is 0 Å². The van der Waals surface area contributed by atoms with Crippen LogP contribution in [0.3, 0.4) is 0 Å². The summed E-state index contributed by atoms with van der Waals surface area (Å²) >= 11 is 0. The molecule has 0 spiro atoms. The Morgan fingerprint density at radius 1 is 1.00 bits per heavy atom. The molecule has 1 saturated heterocycles. The Kier molecular flexibility index (Phi) is 2.95.